The third-order valence-corrected chi connectivity index (χ3v) is 10.4. The van der Waals surface area contributed by atoms with E-state index in [1.807, 2.05) is 51.1 Å². The molecule has 9 heteroatoms. The van der Waals surface area contributed by atoms with Crippen LogP contribution in [-0.2, 0) is 23.9 Å². The number of rotatable bonds is 18. The second-order valence-electron chi connectivity index (χ2n) is 13.4. The lowest BCUT2D eigenvalue weighted by Crippen LogP contribution is -2.59. The van der Waals surface area contributed by atoms with Crippen LogP contribution in [0.4, 0.5) is 11.4 Å². The van der Waals surface area contributed by atoms with Gasteiger partial charge in [0.15, 0.2) is 0 Å². The van der Waals surface area contributed by atoms with Gasteiger partial charge in [0.05, 0.1) is 30.8 Å². The van der Waals surface area contributed by atoms with Crippen LogP contribution in [0.15, 0.2) is 49.6 Å². The molecule has 0 radical (unpaired) electrons. The number of ether oxygens (including phenoxy) is 2. The van der Waals surface area contributed by atoms with E-state index in [1.165, 1.54) is 0 Å². The molecule has 46 heavy (non-hydrogen) atoms. The van der Waals surface area contributed by atoms with Crippen LogP contribution in [0.25, 0.3) is 0 Å². The zero-order valence-electron chi connectivity index (χ0n) is 28.6. The van der Waals surface area contributed by atoms with Crippen LogP contribution in [0.2, 0.25) is 0 Å². The molecule has 1 spiro atoms. The molecule has 4 rings (SSSR count). The van der Waals surface area contributed by atoms with Gasteiger partial charge in [-0.2, -0.15) is 0 Å². The van der Waals surface area contributed by atoms with Crippen LogP contribution in [0, 0.1) is 17.8 Å². The highest BCUT2D eigenvalue weighted by molar-refractivity contribution is 6.05. The first kappa shape index (κ1) is 35.7. The van der Waals surface area contributed by atoms with Crippen LogP contribution >= 0.6 is 0 Å². The van der Waals surface area contributed by atoms with Crippen molar-refractivity contribution >= 4 is 29.2 Å². The fourth-order valence-electron chi connectivity index (χ4n) is 8.19. The van der Waals surface area contributed by atoms with Gasteiger partial charge in [0.1, 0.15) is 17.6 Å². The molecule has 3 heterocycles. The van der Waals surface area contributed by atoms with Crippen LogP contribution in [-0.4, -0.2) is 83.9 Å². The summed E-state index contributed by atoms with van der Waals surface area (Å²) in [5.74, 6) is -2.57. The van der Waals surface area contributed by atoms with Gasteiger partial charge in [-0.1, -0.05) is 32.9 Å². The first-order chi connectivity index (χ1) is 22.1. The lowest BCUT2D eigenvalue weighted by atomic mass is 9.65. The van der Waals surface area contributed by atoms with Crippen molar-refractivity contribution in [2.75, 3.05) is 42.6 Å². The molecule has 254 valence electrons. The van der Waals surface area contributed by atoms with Crippen molar-refractivity contribution in [1.29, 1.82) is 0 Å². The molecule has 3 saturated heterocycles. The van der Waals surface area contributed by atoms with Crippen molar-refractivity contribution in [3.05, 3.63) is 49.6 Å². The highest BCUT2D eigenvalue weighted by Gasteiger charge is 2.79. The van der Waals surface area contributed by atoms with Gasteiger partial charge in [0.2, 0.25) is 5.91 Å². The first-order valence-corrected chi connectivity index (χ1v) is 17.3. The van der Waals surface area contributed by atoms with Gasteiger partial charge in [-0.05, 0) is 89.0 Å². The van der Waals surface area contributed by atoms with Crippen molar-refractivity contribution in [3.8, 4) is 0 Å². The number of amides is 2. The Kier molecular flexibility index (Phi) is 11.8. The van der Waals surface area contributed by atoms with Crippen molar-refractivity contribution in [2.45, 2.75) is 103 Å². The smallest absolute Gasteiger partial charge is 0.312 e. The third kappa shape index (κ3) is 6.37. The monoisotopic (exact) mass is 637 g/mol. The van der Waals surface area contributed by atoms with Crippen molar-refractivity contribution in [1.82, 2.24) is 4.90 Å². The molecule has 9 nitrogen and oxygen atoms in total. The molecule has 3 aliphatic rings. The van der Waals surface area contributed by atoms with E-state index in [0.717, 1.165) is 31.6 Å². The lowest BCUT2D eigenvalue weighted by molar-refractivity contribution is -0.162. The molecule has 0 aromatic heterocycles. The molecule has 1 N–H and O–H groups in total. The summed E-state index contributed by atoms with van der Waals surface area (Å²) in [5, 5.41) is 10.7. The molecule has 1 aromatic carbocycles. The summed E-state index contributed by atoms with van der Waals surface area (Å²) in [6, 6.07) is 6.25. The average molecular weight is 638 g/mol. The number of hydrogen-bond donors (Lipinski definition) is 1. The minimum atomic E-state index is -1.21. The minimum Gasteiger partial charge on any atom is -0.465 e. The van der Waals surface area contributed by atoms with Crippen molar-refractivity contribution < 1.29 is 29.0 Å². The number of likely N-dealkylation sites (tertiary alicyclic amines) is 1. The minimum absolute atomic E-state index is 0.158. The molecule has 3 fully saturated rings. The number of aliphatic hydroxyl groups excluding tert-OH is 1. The molecule has 1 aromatic rings. The number of carbonyl (C=O) groups excluding carboxylic acids is 3. The van der Waals surface area contributed by atoms with Gasteiger partial charge >= 0.3 is 5.97 Å². The number of benzene rings is 1. The van der Waals surface area contributed by atoms with E-state index < -0.39 is 41.1 Å². The normalized spacial score (nSPS) is 27.1. The van der Waals surface area contributed by atoms with Crippen LogP contribution < -0.4 is 9.80 Å². The van der Waals surface area contributed by atoms with E-state index in [1.54, 1.807) is 15.9 Å². The maximum Gasteiger partial charge on any atom is 0.312 e. The number of allylic oxidation sites excluding steroid dienone is 1. The first-order valence-electron chi connectivity index (χ1n) is 17.3. The summed E-state index contributed by atoms with van der Waals surface area (Å²) in [4.78, 5) is 49.0. The third-order valence-electron chi connectivity index (χ3n) is 10.4. The summed E-state index contributed by atoms with van der Waals surface area (Å²) in [7, 11) is 0. The van der Waals surface area contributed by atoms with E-state index in [0.29, 0.717) is 37.8 Å². The van der Waals surface area contributed by atoms with E-state index >= 15 is 0 Å². The summed E-state index contributed by atoms with van der Waals surface area (Å²) >= 11 is 0. The number of fused-ring (bicyclic) bond motifs is 1. The standard InChI is InChI=1S/C37H55N3O6/c1-8-13-14-15-23-45-35(44)31-30-33(42)40(29(25-41)24-26(6)7)32(37(30)21-20-36(31,10-3)46-37)34(43)39(22-9-2)28-18-16-27(17-19-28)38(11-4)12-5/h8-9,16-19,26,29-32,41H,1-2,10-15,20-25H2,3-7H3/t29-,30+,31+,32?,36-,37?/m1/s1. The van der Waals surface area contributed by atoms with Gasteiger partial charge in [-0.25, -0.2) is 0 Å². The number of carbonyl (C=O) groups is 3. The number of anilines is 2. The molecular weight excluding hydrogens is 582 g/mol. The zero-order chi connectivity index (χ0) is 33.6. The molecule has 0 aliphatic carbocycles. The predicted molar refractivity (Wildman–Crippen MR) is 182 cm³/mol. The second-order valence-corrected chi connectivity index (χ2v) is 13.4. The number of unbranched alkanes of at least 4 members (excludes halogenated alkanes) is 2. The van der Waals surface area contributed by atoms with Crippen molar-refractivity contribution in [3.63, 3.8) is 0 Å². The average Bonchev–Trinajstić information content (AvgIpc) is 3.66. The molecule has 0 saturated carbocycles. The van der Waals surface area contributed by atoms with Gasteiger partial charge < -0.3 is 29.3 Å². The molecule has 2 unspecified atom stereocenters. The highest BCUT2D eigenvalue weighted by atomic mass is 16.6. The van der Waals surface area contributed by atoms with E-state index in [4.69, 9.17) is 9.47 Å². The number of aliphatic hydroxyl groups is 1. The summed E-state index contributed by atoms with van der Waals surface area (Å²) in [5.41, 5.74) is -0.348. The molecular formula is C37H55N3O6. The lowest BCUT2D eigenvalue weighted by Gasteiger charge is -2.40. The number of esters is 1. The van der Waals surface area contributed by atoms with Gasteiger partial charge in [-0.15, -0.1) is 13.2 Å². The summed E-state index contributed by atoms with van der Waals surface area (Å²) < 4.78 is 12.7. The van der Waals surface area contributed by atoms with Gasteiger partial charge in [-0.3, -0.25) is 14.4 Å². The highest BCUT2D eigenvalue weighted by Crippen LogP contribution is 2.65. The molecule has 6 atom stereocenters. The Hall–Kier alpha value is -3.17. The molecule has 3 aliphatic heterocycles. The largest absolute Gasteiger partial charge is 0.465 e. The Bertz CT molecular complexity index is 1250. The van der Waals surface area contributed by atoms with E-state index in [2.05, 4.69) is 31.9 Å². The Morgan fingerprint density at radius 3 is 2.33 bits per heavy atom. The Morgan fingerprint density at radius 2 is 1.76 bits per heavy atom. The quantitative estimate of drug-likeness (QED) is 0.129. The molecule has 2 bridgehead atoms. The Labute approximate surface area is 275 Å². The van der Waals surface area contributed by atoms with Crippen LogP contribution in [0.1, 0.15) is 79.6 Å². The topological polar surface area (TPSA) is 99.6 Å². The maximum atomic E-state index is 15.0. The fraction of sp³-hybridized carbons (Fsp3) is 0.649. The van der Waals surface area contributed by atoms with E-state index in [9.17, 15) is 19.5 Å². The number of nitrogens with zero attached hydrogens (tertiary/aromatic N) is 3. The maximum absolute atomic E-state index is 15.0. The SMILES string of the molecule is C=CCCCCOC(=O)[C@@H]1[C@H]2C(=O)N([C@@H](CO)CC(C)C)C(C(=O)N(CC=C)c3ccc(N(CC)CC)cc3)C23CC[C@@]1(CC)O3. The number of hydrogen-bond acceptors (Lipinski definition) is 7. The summed E-state index contributed by atoms with van der Waals surface area (Å²) in [6.07, 6.45) is 7.96. The Balaban J connectivity index is 1.77. The van der Waals surface area contributed by atoms with Gasteiger partial charge in [0.25, 0.3) is 5.91 Å². The molecule has 2 amide bonds. The van der Waals surface area contributed by atoms with Gasteiger partial charge in [0, 0.05) is 31.0 Å². The predicted octanol–water partition coefficient (Wildman–Crippen LogP) is 5.51. The fourth-order valence-corrected chi connectivity index (χ4v) is 8.19. The van der Waals surface area contributed by atoms with Crippen LogP contribution in [0.3, 0.4) is 0 Å². The Morgan fingerprint density at radius 1 is 1.09 bits per heavy atom. The summed E-state index contributed by atoms with van der Waals surface area (Å²) in [6.45, 7) is 19.8. The zero-order valence-corrected chi connectivity index (χ0v) is 28.6. The van der Waals surface area contributed by atoms with E-state index in [-0.39, 0.29) is 37.5 Å². The second kappa shape index (κ2) is 15.2. The van der Waals surface area contributed by atoms with Crippen LogP contribution in [0.5, 0.6) is 0 Å². The van der Waals surface area contributed by atoms with Crippen molar-refractivity contribution in [2.24, 2.45) is 17.8 Å².